The largest absolute Gasteiger partial charge is 0.248 e. The van der Waals surface area contributed by atoms with Crippen LogP contribution in [0.1, 0.15) is 32.6 Å². The summed E-state index contributed by atoms with van der Waals surface area (Å²) in [6.07, 6.45) is 4.53. The Hall–Kier alpha value is -0.330. The van der Waals surface area contributed by atoms with Gasteiger partial charge in [0.1, 0.15) is 0 Å². The molecule has 53 valence electrons. The summed E-state index contributed by atoms with van der Waals surface area (Å²) in [7, 11) is 0. The third-order valence-corrected chi connectivity index (χ3v) is 1.22. The molecule has 0 aliphatic rings. The van der Waals surface area contributed by atoms with Crippen LogP contribution in [0.2, 0.25) is 0 Å². The Morgan fingerprint density at radius 3 is 2.67 bits per heavy atom. The molecule has 9 heavy (non-hydrogen) atoms. The first-order valence-corrected chi connectivity index (χ1v) is 3.45. The molecule has 0 saturated heterocycles. The maximum Gasteiger partial charge on any atom is 0.0973 e. The van der Waals surface area contributed by atoms with Crippen LogP contribution in [0.15, 0.2) is 6.08 Å². The third kappa shape index (κ3) is 7.67. The fourth-order valence-corrected chi connectivity index (χ4v) is 0.688. The number of allylic oxidation sites excluding steroid dienone is 1. The average molecular weight is 129 g/mol. The van der Waals surface area contributed by atoms with Crippen molar-refractivity contribution in [1.29, 1.82) is 0 Å². The van der Waals surface area contributed by atoms with Gasteiger partial charge in [0.15, 0.2) is 0 Å². The van der Waals surface area contributed by atoms with Gasteiger partial charge in [-0.05, 0) is 26.2 Å². The number of halogens is 1. The minimum absolute atomic E-state index is 0.650. The van der Waals surface area contributed by atoms with E-state index in [1.165, 1.54) is 0 Å². The van der Waals surface area contributed by atoms with Crippen molar-refractivity contribution in [2.24, 2.45) is 0 Å². The number of unbranched alkanes of at least 4 members (excludes halogenated alkanes) is 2. The molecule has 1 radical (unpaired) electrons. The van der Waals surface area contributed by atoms with Gasteiger partial charge < -0.3 is 0 Å². The van der Waals surface area contributed by atoms with E-state index < -0.39 is 6.17 Å². The summed E-state index contributed by atoms with van der Waals surface area (Å²) < 4.78 is 12.1. The molecule has 1 heteroatoms. The van der Waals surface area contributed by atoms with Gasteiger partial charge in [-0.1, -0.05) is 19.1 Å². The summed E-state index contributed by atoms with van der Waals surface area (Å²) >= 11 is 0. The van der Waals surface area contributed by atoms with Crippen molar-refractivity contribution in [2.45, 2.75) is 38.8 Å². The highest BCUT2D eigenvalue weighted by Crippen LogP contribution is 2.05. The van der Waals surface area contributed by atoms with Crippen LogP contribution in [0, 0.1) is 6.58 Å². The summed E-state index contributed by atoms with van der Waals surface area (Å²) in [5.74, 6) is 0. The van der Waals surface area contributed by atoms with Crippen LogP contribution in [-0.2, 0) is 0 Å². The topological polar surface area (TPSA) is 0 Å². The van der Waals surface area contributed by atoms with Crippen LogP contribution in [0.4, 0.5) is 4.39 Å². The van der Waals surface area contributed by atoms with Gasteiger partial charge in [-0.3, -0.25) is 0 Å². The highest BCUT2D eigenvalue weighted by molar-refractivity contribution is 4.62. The van der Waals surface area contributed by atoms with Gasteiger partial charge in [-0.2, -0.15) is 0 Å². The Bertz CT molecular complexity index is 67.0. The summed E-state index contributed by atoms with van der Waals surface area (Å²) in [5, 5.41) is 0. The maximum atomic E-state index is 12.1. The van der Waals surface area contributed by atoms with Crippen molar-refractivity contribution in [3.05, 3.63) is 12.7 Å². The van der Waals surface area contributed by atoms with Crippen molar-refractivity contribution in [3.8, 4) is 0 Å². The van der Waals surface area contributed by atoms with E-state index in [0.717, 1.165) is 19.3 Å². The molecule has 0 nitrogen and oxygen atoms in total. The molecule has 1 atom stereocenters. The first-order chi connectivity index (χ1) is 4.27. The van der Waals surface area contributed by atoms with E-state index in [2.05, 4.69) is 0 Å². The Kier molecular flexibility index (Phi) is 5.59. The molecular formula is C8H14F. The molecule has 0 heterocycles. The fraction of sp³-hybridized carbons (Fsp3) is 0.750. The van der Waals surface area contributed by atoms with Crippen molar-refractivity contribution in [2.75, 3.05) is 0 Å². The highest BCUT2D eigenvalue weighted by atomic mass is 19.1. The second-order valence-electron chi connectivity index (χ2n) is 2.30. The zero-order valence-corrected chi connectivity index (χ0v) is 5.94. The molecule has 1 unspecified atom stereocenters. The van der Waals surface area contributed by atoms with Gasteiger partial charge in [0.05, 0.1) is 6.17 Å². The molecule has 0 aliphatic heterocycles. The monoisotopic (exact) mass is 129 g/mol. The van der Waals surface area contributed by atoms with Crippen molar-refractivity contribution >= 4 is 0 Å². The molecule has 0 fully saturated rings. The summed E-state index contributed by atoms with van der Waals surface area (Å²) in [5.41, 5.74) is 0. The van der Waals surface area contributed by atoms with Crippen LogP contribution in [0.5, 0.6) is 0 Å². The molecule has 0 bridgehead atoms. The molecule has 0 aromatic heterocycles. The molecule has 0 rings (SSSR count). The minimum atomic E-state index is -0.650. The second kappa shape index (κ2) is 5.80. The van der Waals surface area contributed by atoms with Crippen LogP contribution >= 0.6 is 0 Å². The summed E-state index contributed by atoms with van der Waals surface area (Å²) in [6.45, 7) is 6.72. The summed E-state index contributed by atoms with van der Waals surface area (Å²) in [6, 6.07) is 0. The van der Waals surface area contributed by atoms with Crippen LogP contribution < -0.4 is 0 Å². The number of rotatable bonds is 5. The molecule has 0 amide bonds. The van der Waals surface area contributed by atoms with Crippen molar-refractivity contribution in [1.82, 2.24) is 0 Å². The lowest BCUT2D eigenvalue weighted by atomic mass is 10.1. The number of hydrogen-bond acceptors (Lipinski definition) is 0. The zero-order chi connectivity index (χ0) is 7.11. The van der Waals surface area contributed by atoms with Gasteiger partial charge in [-0.15, -0.1) is 0 Å². The van der Waals surface area contributed by atoms with E-state index in [-0.39, 0.29) is 0 Å². The fourth-order valence-electron chi connectivity index (χ4n) is 0.688. The predicted octanol–water partition coefficient (Wildman–Crippen LogP) is 2.89. The van der Waals surface area contributed by atoms with Crippen molar-refractivity contribution < 1.29 is 4.39 Å². The third-order valence-electron chi connectivity index (χ3n) is 1.22. The van der Waals surface area contributed by atoms with Crippen molar-refractivity contribution in [3.63, 3.8) is 0 Å². The summed E-state index contributed by atoms with van der Waals surface area (Å²) in [4.78, 5) is 0. The number of hydrogen-bond donors (Lipinski definition) is 0. The lowest BCUT2D eigenvalue weighted by Crippen LogP contribution is -1.90. The zero-order valence-electron chi connectivity index (χ0n) is 5.94. The van der Waals surface area contributed by atoms with Crippen LogP contribution in [-0.4, -0.2) is 6.17 Å². The normalized spacial score (nSPS) is 13.1. The Morgan fingerprint density at radius 2 is 2.22 bits per heavy atom. The van der Waals surface area contributed by atoms with E-state index >= 15 is 0 Å². The van der Waals surface area contributed by atoms with E-state index in [1.807, 2.05) is 0 Å². The standard InChI is InChI=1S/C8H14F/c1-3-4-5-6-7-8(2)9/h1,3,8H,4-7H2,2H3. The predicted molar refractivity (Wildman–Crippen MR) is 37.9 cm³/mol. The number of alkyl halides is 1. The quantitative estimate of drug-likeness (QED) is 0.501. The van der Waals surface area contributed by atoms with Gasteiger partial charge in [0.25, 0.3) is 0 Å². The first kappa shape index (κ1) is 8.67. The molecular weight excluding hydrogens is 115 g/mol. The van der Waals surface area contributed by atoms with E-state index in [0.29, 0.717) is 6.42 Å². The Labute approximate surface area is 56.8 Å². The smallest absolute Gasteiger partial charge is 0.0973 e. The molecule has 0 N–H and O–H groups in total. The SMILES string of the molecule is [CH]=CCCCCC(C)F. The highest BCUT2D eigenvalue weighted by Gasteiger charge is 1.94. The maximum absolute atomic E-state index is 12.1. The van der Waals surface area contributed by atoms with Gasteiger partial charge in [-0.25, -0.2) is 4.39 Å². The second-order valence-corrected chi connectivity index (χ2v) is 2.30. The molecule has 0 aromatic rings. The Balaban J connectivity index is 2.82. The van der Waals surface area contributed by atoms with E-state index in [4.69, 9.17) is 6.58 Å². The minimum Gasteiger partial charge on any atom is -0.248 e. The molecule has 0 saturated carbocycles. The van der Waals surface area contributed by atoms with Crippen LogP contribution in [0.25, 0.3) is 0 Å². The lowest BCUT2D eigenvalue weighted by Gasteiger charge is -1.97. The molecule has 0 aliphatic carbocycles. The molecule has 0 aromatic carbocycles. The lowest BCUT2D eigenvalue weighted by molar-refractivity contribution is 0.332. The van der Waals surface area contributed by atoms with Gasteiger partial charge >= 0.3 is 0 Å². The molecule has 0 spiro atoms. The van der Waals surface area contributed by atoms with E-state index in [1.54, 1.807) is 13.0 Å². The first-order valence-electron chi connectivity index (χ1n) is 3.45. The van der Waals surface area contributed by atoms with Gasteiger partial charge in [0, 0.05) is 0 Å². The van der Waals surface area contributed by atoms with Crippen LogP contribution in [0.3, 0.4) is 0 Å². The van der Waals surface area contributed by atoms with Gasteiger partial charge in [0.2, 0.25) is 0 Å². The Morgan fingerprint density at radius 1 is 1.56 bits per heavy atom. The average Bonchev–Trinajstić information content (AvgIpc) is 1.80. The van der Waals surface area contributed by atoms with E-state index in [9.17, 15) is 4.39 Å².